The van der Waals surface area contributed by atoms with Crippen LogP contribution in [0.15, 0.2) is 34.2 Å². The summed E-state index contributed by atoms with van der Waals surface area (Å²) in [5, 5.41) is 6.40. The molecule has 0 bridgehead atoms. The van der Waals surface area contributed by atoms with E-state index in [4.69, 9.17) is 4.74 Å². The normalized spacial score (nSPS) is 16.3. The molecule has 0 saturated carbocycles. The number of ether oxygens (including phenoxy) is 1. The van der Waals surface area contributed by atoms with Crippen molar-refractivity contribution in [2.24, 2.45) is 4.99 Å². The summed E-state index contributed by atoms with van der Waals surface area (Å²) in [6.45, 7) is 8.48. The van der Waals surface area contributed by atoms with Crippen LogP contribution in [-0.4, -0.2) is 58.1 Å². The summed E-state index contributed by atoms with van der Waals surface area (Å²) in [7, 11) is -3.38. The first-order valence-corrected chi connectivity index (χ1v) is 11.2. The van der Waals surface area contributed by atoms with E-state index in [1.807, 2.05) is 26.0 Å². The summed E-state index contributed by atoms with van der Waals surface area (Å²) in [4.78, 5) is 4.90. The van der Waals surface area contributed by atoms with E-state index in [2.05, 4.69) is 15.6 Å². The van der Waals surface area contributed by atoms with Crippen LogP contribution in [0.2, 0.25) is 0 Å². The molecule has 8 heteroatoms. The van der Waals surface area contributed by atoms with Crippen LogP contribution in [0.4, 0.5) is 0 Å². The van der Waals surface area contributed by atoms with Crippen molar-refractivity contribution in [1.82, 2.24) is 14.9 Å². The fourth-order valence-electron chi connectivity index (χ4n) is 2.92. The van der Waals surface area contributed by atoms with Gasteiger partial charge in [-0.3, -0.25) is 0 Å². The van der Waals surface area contributed by atoms with Crippen molar-refractivity contribution in [2.75, 3.05) is 39.4 Å². The molecule has 152 valence electrons. The number of hydrogen-bond acceptors (Lipinski definition) is 4. The van der Waals surface area contributed by atoms with E-state index in [9.17, 15) is 8.42 Å². The molecule has 0 amide bonds. The fraction of sp³-hybridized carbons (Fsp3) is 0.632. The van der Waals surface area contributed by atoms with E-state index < -0.39 is 10.0 Å². The minimum Gasteiger partial charge on any atom is -0.380 e. The number of piperidine rings is 1. The molecule has 2 N–H and O–H groups in total. The number of benzene rings is 1. The van der Waals surface area contributed by atoms with Gasteiger partial charge in [-0.05, 0) is 44.4 Å². The van der Waals surface area contributed by atoms with Crippen LogP contribution in [0.25, 0.3) is 0 Å². The minimum absolute atomic E-state index is 0.360. The summed E-state index contributed by atoms with van der Waals surface area (Å²) in [5.74, 6) is 0.724. The number of sulfonamides is 1. The van der Waals surface area contributed by atoms with Gasteiger partial charge >= 0.3 is 0 Å². The molecule has 1 aliphatic rings. The lowest BCUT2D eigenvalue weighted by Gasteiger charge is -2.25. The van der Waals surface area contributed by atoms with Crippen LogP contribution in [0, 0.1) is 0 Å². The van der Waals surface area contributed by atoms with Crippen molar-refractivity contribution in [3.8, 4) is 0 Å². The van der Waals surface area contributed by atoms with Crippen LogP contribution in [0.1, 0.15) is 38.7 Å². The number of nitrogens with one attached hydrogen (secondary N) is 2. The Morgan fingerprint density at radius 2 is 1.81 bits per heavy atom. The predicted molar refractivity (Wildman–Crippen MR) is 108 cm³/mol. The third-order valence-electron chi connectivity index (χ3n) is 4.38. The van der Waals surface area contributed by atoms with Crippen molar-refractivity contribution in [2.45, 2.75) is 44.6 Å². The third-order valence-corrected chi connectivity index (χ3v) is 6.30. The second-order valence-corrected chi connectivity index (χ2v) is 8.37. The van der Waals surface area contributed by atoms with Gasteiger partial charge in [0.1, 0.15) is 0 Å². The Kier molecular flexibility index (Phi) is 9.03. The molecule has 0 spiro atoms. The average Bonchev–Trinajstić information content (AvgIpc) is 2.70. The molecule has 0 atom stereocenters. The molecule has 1 aromatic carbocycles. The largest absolute Gasteiger partial charge is 0.380 e. The van der Waals surface area contributed by atoms with Gasteiger partial charge in [0.25, 0.3) is 0 Å². The van der Waals surface area contributed by atoms with E-state index in [0.29, 0.717) is 44.3 Å². The Labute approximate surface area is 163 Å². The molecule has 27 heavy (non-hydrogen) atoms. The minimum atomic E-state index is -3.38. The van der Waals surface area contributed by atoms with Crippen molar-refractivity contribution >= 4 is 16.0 Å². The molecular weight excluding hydrogens is 364 g/mol. The maximum Gasteiger partial charge on any atom is 0.243 e. The summed E-state index contributed by atoms with van der Waals surface area (Å²) >= 11 is 0. The Balaban J connectivity index is 1.96. The Hall–Kier alpha value is -1.64. The molecule has 1 aliphatic heterocycles. The molecule has 0 radical (unpaired) electrons. The smallest absolute Gasteiger partial charge is 0.243 e. The van der Waals surface area contributed by atoms with Crippen molar-refractivity contribution in [1.29, 1.82) is 0 Å². The van der Waals surface area contributed by atoms with Gasteiger partial charge in [0.05, 0.1) is 18.0 Å². The molecule has 1 aromatic rings. The van der Waals surface area contributed by atoms with E-state index in [1.54, 1.807) is 16.4 Å². The number of aliphatic imine (C=N–C) groups is 1. The molecule has 1 heterocycles. The number of nitrogens with zero attached hydrogens (tertiary/aromatic N) is 2. The standard InChI is InChI=1S/C19H32N4O3S/c1-3-20-19(21-12-15-26-4-2)22-16-17-8-10-18(11-9-17)27(24,25)23-13-6-5-7-14-23/h8-11H,3-7,12-16H2,1-2H3,(H2,20,21,22). The highest BCUT2D eigenvalue weighted by molar-refractivity contribution is 7.89. The molecule has 1 fully saturated rings. The second kappa shape index (κ2) is 11.3. The van der Waals surface area contributed by atoms with Crippen LogP contribution in [0.5, 0.6) is 0 Å². The van der Waals surface area contributed by atoms with Crippen LogP contribution >= 0.6 is 0 Å². The zero-order chi connectivity index (χ0) is 19.5. The molecular formula is C19H32N4O3S. The maximum absolute atomic E-state index is 12.7. The van der Waals surface area contributed by atoms with Gasteiger partial charge in [-0.2, -0.15) is 4.31 Å². The van der Waals surface area contributed by atoms with Crippen molar-refractivity contribution in [3.63, 3.8) is 0 Å². The highest BCUT2D eigenvalue weighted by Gasteiger charge is 2.25. The zero-order valence-electron chi connectivity index (χ0n) is 16.4. The lowest BCUT2D eigenvalue weighted by molar-refractivity contribution is 0.152. The van der Waals surface area contributed by atoms with Gasteiger partial charge in [-0.15, -0.1) is 0 Å². The van der Waals surface area contributed by atoms with E-state index in [-0.39, 0.29) is 0 Å². The molecule has 0 aromatic heterocycles. The van der Waals surface area contributed by atoms with Gasteiger partial charge in [-0.1, -0.05) is 18.6 Å². The Morgan fingerprint density at radius 1 is 1.11 bits per heavy atom. The number of rotatable bonds is 9. The van der Waals surface area contributed by atoms with Crippen LogP contribution in [-0.2, 0) is 21.3 Å². The van der Waals surface area contributed by atoms with Crippen LogP contribution < -0.4 is 10.6 Å². The van der Waals surface area contributed by atoms with Gasteiger partial charge in [-0.25, -0.2) is 13.4 Å². The monoisotopic (exact) mass is 396 g/mol. The van der Waals surface area contributed by atoms with Gasteiger partial charge in [0, 0.05) is 32.8 Å². The average molecular weight is 397 g/mol. The number of guanidine groups is 1. The zero-order valence-corrected chi connectivity index (χ0v) is 17.2. The topological polar surface area (TPSA) is 83.0 Å². The fourth-order valence-corrected chi connectivity index (χ4v) is 4.44. The quantitative estimate of drug-likeness (QED) is 0.379. The Bertz CT molecular complexity index is 683. The molecule has 1 saturated heterocycles. The first-order valence-electron chi connectivity index (χ1n) is 9.77. The molecule has 0 aliphatic carbocycles. The summed E-state index contributed by atoms with van der Waals surface area (Å²) in [6, 6.07) is 7.04. The van der Waals surface area contributed by atoms with E-state index in [0.717, 1.165) is 37.3 Å². The second-order valence-electron chi connectivity index (χ2n) is 6.43. The maximum atomic E-state index is 12.7. The van der Waals surface area contributed by atoms with Gasteiger partial charge < -0.3 is 15.4 Å². The van der Waals surface area contributed by atoms with Crippen molar-refractivity contribution < 1.29 is 13.2 Å². The summed E-state index contributed by atoms with van der Waals surface area (Å²) in [5.41, 5.74) is 0.967. The molecule has 7 nitrogen and oxygen atoms in total. The number of hydrogen-bond donors (Lipinski definition) is 2. The van der Waals surface area contributed by atoms with E-state index in [1.165, 1.54) is 0 Å². The van der Waals surface area contributed by atoms with Crippen LogP contribution in [0.3, 0.4) is 0 Å². The Morgan fingerprint density at radius 3 is 2.44 bits per heavy atom. The molecule has 0 unspecified atom stereocenters. The van der Waals surface area contributed by atoms with Gasteiger partial charge in [0.2, 0.25) is 10.0 Å². The first-order chi connectivity index (χ1) is 13.1. The molecule has 2 rings (SSSR count). The lowest BCUT2D eigenvalue weighted by atomic mass is 10.2. The highest BCUT2D eigenvalue weighted by Crippen LogP contribution is 2.21. The SMILES string of the molecule is CCNC(=NCc1ccc(S(=O)(=O)N2CCCCC2)cc1)NCCOCC. The third kappa shape index (κ3) is 6.79. The van der Waals surface area contributed by atoms with E-state index >= 15 is 0 Å². The van der Waals surface area contributed by atoms with Crippen molar-refractivity contribution in [3.05, 3.63) is 29.8 Å². The lowest BCUT2D eigenvalue weighted by Crippen LogP contribution is -2.39. The highest BCUT2D eigenvalue weighted by atomic mass is 32.2. The summed E-state index contributed by atoms with van der Waals surface area (Å²) < 4.78 is 32.3. The first kappa shape index (κ1) is 21.7. The summed E-state index contributed by atoms with van der Waals surface area (Å²) in [6.07, 6.45) is 2.99. The predicted octanol–water partition coefficient (Wildman–Crippen LogP) is 1.95. The van der Waals surface area contributed by atoms with Gasteiger partial charge in [0.15, 0.2) is 5.96 Å².